The molecule has 1 N–H and O–H groups in total. The van der Waals surface area contributed by atoms with Crippen LogP contribution < -0.4 is 0 Å². The number of hydrogen-bond donors (Lipinski definition) is 1. The first kappa shape index (κ1) is 10.5. The van der Waals surface area contributed by atoms with Crippen LogP contribution in [0.1, 0.15) is 24.5 Å². The van der Waals surface area contributed by atoms with Crippen LogP contribution in [0.3, 0.4) is 0 Å². The molecule has 0 bridgehead atoms. The van der Waals surface area contributed by atoms with Crippen molar-refractivity contribution in [3.8, 4) is 11.1 Å². The number of rotatable bonds is 2. The quantitative estimate of drug-likeness (QED) is 0.623. The Morgan fingerprint density at radius 2 is 1.41 bits per heavy atom. The molecule has 0 saturated carbocycles. The summed E-state index contributed by atoms with van der Waals surface area (Å²) < 4.78 is 0. The summed E-state index contributed by atoms with van der Waals surface area (Å²) in [5.41, 5.74) is 3.70. The molecule has 0 amide bonds. The lowest BCUT2D eigenvalue weighted by molar-refractivity contribution is -0.315. The Balaban J connectivity index is 2.38. The van der Waals surface area contributed by atoms with Gasteiger partial charge in [0.2, 0.25) is 0 Å². The fourth-order valence-electron chi connectivity index (χ4n) is 2.83. The summed E-state index contributed by atoms with van der Waals surface area (Å²) in [4.78, 5) is 4.90. The molecule has 0 unspecified atom stereocenters. The molecule has 3 rings (SSSR count). The molecule has 1 aliphatic carbocycles. The summed E-state index contributed by atoms with van der Waals surface area (Å²) in [5.74, 6) is 0. The molecule has 86 valence electrons. The van der Waals surface area contributed by atoms with Gasteiger partial charge in [0.15, 0.2) is 5.60 Å². The summed E-state index contributed by atoms with van der Waals surface area (Å²) in [6.45, 7) is 2.02. The molecular weight excluding hydrogens is 212 g/mol. The first-order valence-corrected chi connectivity index (χ1v) is 5.85. The van der Waals surface area contributed by atoms with Crippen molar-refractivity contribution in [3.05, 3.63) is 59.7 Å². The minimum absolute atomic E-state index is 0.701. The van der Waals surface area contributed by atoms with Crippen LogP contribution in [0.4, 0.5) is 0 Å². The normalized spacial score (nSPS) is 15.4. The van der Waals surface area contributed by atoms with Crippen molar-refractivity contribution in [2.24, 2.45) is 0 Å². The SMILES string of the molecule is CCC1(OO)c2ccccc2-c2ccccc21. The lowest BCUT2D eigenvalue weighted by Gasteiger charge is -2.26. The minimum Gasteiger partial charge on any atom is -0.251 e. The Hall–Kier alpha value is -1.64. The maximum atomic E-state index is 9.41. The molecule has 0 spiro atoms. The Morgan fingerprint density at radius 3 is 1.82 bits per heavy atom. The second-order valence-electron chi connectivity index (χ2n) is 4.36. The van der Waals surface area contributed by atoms with Gasteiger partial charge in [0.1, 0.15) is 0 Å². The smallest absolute Gasteiger partial charge is 0.154 e. The summed E-state index contributed by atoms with van der Waals surface area (Å²) in [7, 11) is 0. The fraction of sp³-hybridized carbons (Fsp3) is 0.200. The molecule has 0 heterocycles. The van der Waals surface area contributed by atoms with Crippen LogP contribution in [-0.4, -0.2) is 5.26 Å². The molecule has 0 aromatic heterocycles. The summed E-state index contributed by atoms with van der Waals surface area (Å²) in [6, 6.07) is 16.2. The molecule has 0 atom stereocenters. The summed E-state index contributed by atoms with van der Waals surface area (Å²) in [6.07, 6.45) is 0.706. The second kappa shape index (κ2) is 3.69. The van der Waals surface area contributed by atoms with Crippen molar-refractivity contribution < 1.29 is 10.1 Å². The lowest BCUT2D eigenvalue weighted by Crippen LogP contribution is -2.26. The molecule has 1 aliphatic rings. The molecule has 2 aromatic carbocycles. The third-order valence-electron chi connectivity index (χ3n) is 3.67. The first-order chi connectivity index (χ1) is 8.33. The largest absolute Gasteiger partial charge is 0.251 e. The van der Waals surface area contributed by atoms with Crippen LogP contribution in [0.2, 0.25) is 0 Å². The van der Waals surface area contributed by atoms with E-state index in [0.717, 1.165) is 22.3 Å². The highest BCUT2D eigenvalue weighted by molar-refractivity contribution is 5.80. The highest BCUT2D eigenvalue weighted by Crippen LogP contribution is 2.50. The molecule has 0 radical (unpaired) electrons. The van der Waals surface area contributed by atoms with Crippen LogP contribution >= 0.6 is 0 Å². The van der Waals surface area contributed by atoms with Crippen LogP contribution in [0, 0.1) is 0 Å². The van der Waals surface area contributed by atoms with Crippen molar-refractivity contribution >= 4 is 0 Å². The predicted octanol–water partition coefficient (Wildman–Crippen LogP) is 3.81. The van der Waals surface area contributed by atoms with Gasteiger partial charge in [0.05, 0.1) is 0 Å². The van der Waals surface area contributed by atoms with Gasteiger partial charge in [-0.05, 0) is 28.7 Å². The van der Waals surface area contributed by atoms with E-state index in [-0.39, 0.29) is 0 Å². The number of fused-ring (bicyclic) bond motifs is 3. The standard InChI is InChI=1S/C15H14O2/c1-2-15(17-16)13-9-5-3-7-11(13)12-8-4-6-10-14(12)15/h3-10,16H,2H2,1H3. The van der Waals surface area contributed by atoms with E-state index in [9.17, 15) is 5.26 Å². The average molecular weight is 226 g/mol. The van der Waals surface area contributed by atoms with Crippen molar-refractivity contribution in [2.75, 3.05) is 0 Å². The molecule has 0 aliphatic heterocycles. The van der Waals surface area contributed by atoms with Crippen molar-refractivity contribution in [1.29, 1.82) is 0 Å². The Labute approximate surface area is 100 Å². The van der Waals surface area contributed by atoms with Gasteiger partial charge in [-0.25, -0.2) is 4.89 Å². The monoisotopic (exact) mass is 226 g/mol. The third kappa shape index (κ3) is 1.22. The van der Waals surface area contributed by atoms with Gasteiger partial charge < -0.3 is 0 Å². The Bertz CT molecular complexity index is 509. The summed E-state index contributed by atoms with van der Waals surface area (Å²) in [5, 5.41) is 9.41. The van der Waals surface area contributed by atoms with E-state index in [1.54, 1.807) is 0 Å². The Kier molecular flexibility index (Phi) is 2.28. The molecule has 2 nitrogen and oxygen atoms in total. The van der Waals surface area contributed by atoms with Gasteiger partial charge in [-0.3, -0.25) is 5.26 Å². The highest BCUT2D eigenvalue weighted by Gasteiger charge is 2.43. The molecule has 2 aromatic rings. The molecule has 2 heteroatoms. The van der Waals surface area contributed by atoms with E-state index < -0.39 is 5.60 Å². The van der Waals surface area contributed by atoms with Crippen LogP contribution in [0.15, 0.2) is 48.5 Å². The van der Waals surface area contributed by atoms with Crippen LogP contribution in [0.25, 0.3) is 11.1 Å². The predicted molar refractivity (Wildman–Crippen MR) is 66.7 cm³/mol. The van der Waals surface area contributed by atoms with Gasteiger partial charge in [-0.15, -0.1) is 0 Å². The second-order valence-corrected chi connectivity index (χ2v) is 4.36. The zero-order chi connectivity index (χ0) is 11.9. The maximum absolute atomic E-state index is 9.41. The zero-order valence-corrected chi connectivity index (χ0v) is 9.68. The van der Waals surface area contributed by atoms with E-state index in [1.165, 1.54) is 0 Å². The summed E-state index contributed by atoms with van der Waals surface area (Å²) >= 11 is 0. The van der Waals surface area contributed by atoms with E-state index >= 15 is 0 Å². The number of hydrogen-bond acceptors (Lipinski definition) is 2. The van der Waals surface area contributed by atoms with E-state index in [4.69, 9.17) is 4.89 Å². The van der Waals surface area contributed by atoms with Crippen molar-refractivity contribution in [2.45, 2.75) is 18.9 Å². The maximum Gasteiger partial charge on any atom is 0.154 e. The van der Waals surface area contributed by atoms with E-state index in [0.29, 0.717) is 6.42 Å². The molecular formula is C15H14O2. The lowest BCUT2D eigenvalue weighted by atomic mass is 9.89. The van der Waals surface area contributed by atoms with Crippen LogP contribution in [0.5, 0.6) is 0 Å². The molecule has 0 saturated heterocycles. The first-order valence-electron chi connectivity index (χ1n) is 5.85. The zero-order valence-electron chi connectivity index (χ0n) is 9.68. The highest BCUT2D eigenvalue weighted by atomic mass is 17.1. The third-order valence-corrected chi connectivity index (χ3v) is 3.67. The van der Waals surface area contributed by atoms with E-state index in [2.05, 4.69) is 12.1 Å². The topological polar surface area (TPSA) is 29.5 Å². The number of benzene rings is 2. The van der Waals surface area contributed by atoms with E-state index in [1.807, 2.05) is 43.3 Å². The molecule has 17 heavy (non-hydrogen) atoms. The Morgan fingerprint density at radius 1 is 0.941 bits per heavy atom. The molecule has 0 fully saturated rings. The average Bonchev–Trinajstić information content (AvgIpc) is 2.70. The van der Waals surface area contributed by atoms with Gasteiger partial charge in [0, 0.05) is 0 Å². The minimum atomic E-state index is -0.701. The van der Waals surface area contributed by atoms with Gasteiger partial charge >= 0.3 is 0 Å². The van der Waals surface area contributed by atoms with Gasteiger partial charge in [-0.2, -0.15) is 0 Å². The van der Waals surface area contributed by atoms with Crippen molar-refractivity contribution in [1.82, 2.24) is 0 Å². The fourth-order valence-corrected chi connectivity index (χ4v) is 2.83. The van der Waals surface area contributed by atoms with Crippen molar-refractivity contribution in [3.63, 3.8) is 0 Å². The van der Waals surface area contributed by atoms with Crippen LogP contribution in [-0.2, 0) is 10.5 Å². The van der Waals surface area contributed by atoms with Gasteiger partial charge in [0.25, 0.3) is 0 Å². The van der Waals surface area contributed by atoms with Gasteiger partial charge in [-0.1, -0.05) is 55.5 Å².